The van der Waals surface area contributed by atoms with Crippen LogP contribution >= 0.6 is 0 Å². The van der Waals surface area contributed by atoms with E-state index in [-0.39, 0.29) is 6.79 Å². The summed E-state index contributed by atoms with van der Waals surface area (Å²) in [6, 6.07) is 7.67. The molecule has 0 unspecified atom stereocenters. The molecule has 0 aliphatic carbocycles. The Balaban J connectivity index is 1.62. The number of benzene rings is 1. The number of hydrogen-bond acceptors (Lipinski definition) is 6. The molecule has 1 aliphatic rings. The second-order valence-electron chi connectivity index (χ2n) is 4.63. The molecule has 1 N–H and O–H groups in total. The number of nitrogens with zero attached hydrogens (tertiary/aromatic N) is 2. The van der Waals surface area contributed by atoms with Crippen molar-refractivity contribution in [2.45, 2.75) is 19.9 Å². The smallest absolute Gasteiger partial charge is 0.231 e. The van der Waals surface area contributed by atoms with E-state index in [0.717, 1.165) is 29.3 Å². The fourth-order valence-corrected chi connectivity index (χ4v) is 1.97. The van der Waals surface area contributed by atoms with Gasteiger partial charge in [-0.3, -0.25) is 0 Å². The molecule has 0 spiro atoms. The normalized spacial score (nSPS) is 12.2. The van der Waals surface area contributed by atoms with Gasteiger partial charge in [0.05, 0.1) is 6.61 Å². The zero-order valence-corrected chi connectivity index (χ0v) is 11.8. The highest BCUT2D eigenvalue weighted by atomic mass is 16.7. The van der Waals surface area contributed by atoms with Gasteiger partial charge in [-0.05, 0) is 24.1 Å². The van der Waals surface area contributed by atoms with Crippen LogP contribution in [-0.2, 0) is 6.54 Å². The molecule has 0 atom stereocenters. The van der Waals surface area contributed by atoms with Gasteiger partial charge in [0, 0.05) is 12.6 Å². The van der Waals surface area contributed by atoms with Crippen LogP contribution in [0.2, 0.25) is 0 Å². The summed E-state index contributed by atoms with van der Waals surface area (Å²) in [5.74, 6) is 2.88. The van der Waals surface area contributed by atoms with E-state index in [1.165, 1.54) is 6.33 Å². The van der Waals surface area contributed by atoms with E-state index in [9.17, 15) is 0 Å². The van der Waals surface area contributed by atoms with Crippen molar-refractivity contribution in [3.05, 3.63) is 36.2 Å². The Morgan fingerprint density at radius 3 is 3.00 bits per heavy atom. The molecule has 21 heavy (non-hydrogen) atoms. The molecule has 0 fully saturated rings. The third-order valence-electron chi connectivity index (χ3n) is 3.01. The van der Waals surface area contributed by atoms with Gasteiger partial charge in [-0.2, -0.15) is 0 Å². The highest BCUT2D eigenvalue weighted by Crippen LogP contribution is 2.32. The van der Waals surface area contributed by atoms with Crippen LogP contribution in [0.15, 0.2) is 30.6 Å². The van der Waals surface area contributed by atoms with Gasteiger partial charge < -0.3 is 19.5 Å². The van der Waals surface area contributed by atoms with E-state index in [2.05, 4.69) is 22.2 Å². The molecule has 0 amide bonds. The Labute approximate surface area is 123 Å². The fourth-order valence-electron chi connectivity index (χ4n) is 1.97. The van der Waals surface area contributed by atoms with E-state index >= 15 is 0 Å². The van der Waals surface area contributed by atoms with Gasteiger partial charge in [0.15, 0.2) is 11.5 Å². The number of nitrogens with one attached hydrogen (secondary N) is 1. The monoisotopic (exact) mass is 287 g/mol. The molecule has 0 bridgehead atoms. The Morgan fingerprint density at radius 1 is 1.19 bits per heavy atom. The molecule has 1 aliphatic heterocycles. The standard InChI is InChI=1S/C15H17N3O3/c1-2-5-19-15-7-14(17-9-18-15)16-8-11-3-4-12-13(6-11)21-10-20-12/h3-4,6-7,9H,2,5,8,10H2,1H3,(H,16,17,18). The van der Waals surface area contributed by atoms with Crippen LogP contribution in [0, 0.1) is 0 Å². The summed E-state index contributed by atoms with van der Waals surface area (Å²) in [7, 11) is 0. The van der Waals surface area contributed by atoms with Gasteiger partial charge in [0.25, 0.3) is 0 Å². The SMILES string of the molecule is CCCOc1cc(NCc2ccc3c(c2)OCO3)ncn1. The van der Waals surface area contributed by atoms with Crippen molar-refractivity contribution in [3.63, 3.8) is 0 Å². The van der Waals surface area contributed by atoms with Crippen LogP contribution in [0.3, 0.4) is 0 Å². The van der Waals surface area contributed by atoms with Crippen LogP contribution in [0.25, 0.3) is 0 Å². The maximum absolute atomic E-state index is 5.48. The van der Waals surface area contributed by atoms with Gasteiger partial charge >= 0.3 is 0 Å². The molecular weight excluding hydrogens is 270 g/mol. The molecule has 0 radical (unpaired) electrons. The first-order valence-electron chi connectivity index (χ1n) is 6.92. The van der Waals surface area contributed by atoms with Gasteiger partial charge in [-0.1, -0.05) is 13.0 Å². The van der Waals surface area contributed by atoms with Crippen molar-refractivity contribution in [1.29, 1.82) is 0 Å². The maximum atomic E-state index is 5.48. The minimum Gasteiger partial charge on any atom is -0.478 e. The Bertz CT molecular complexity index is 619. The number of ether oxygens (including phenoxy) is 3. The topological polar surface area (TPSA) is 65.5 Å². The zero-order valence-electron chi connectivity index (χ0n) is 11.8. The van der Waals surface area contributed by atoms with E-state index in [4.69, 9.17) is 14.2 Å². The van der Waals surface area contributed by atoms with Crippen molar-refractivity contribution >= 4 is 5.82 Å². The lowest BCUT2D eigenvalue weighted by Gasteiger charge is -2.08. The first-order chi connectivity index (χ1) is 10.3. The lowest BCUT2D eigenvalue weighted by Crippen LogP contribution is -2.03. The van der Waals surface area contributed by atoms with Gasteiger partial charge in [0.1, 0.15) is 12.1 Å². The van der Waals surface area contributed by atoms with E-state index in [1.807, 2.05) is 18.2 Å². The molecular formula is C15H17N3O3. The van der Waals surface area contributed by atoms with Crippen molar-refractivity contribution in [3.8, 4) is 17.4 Å². The van der Waals surface area contributed by atoms with Crippen LogP contribution in [0.4, 0.5) is 5.82 Å². The number of fused-ring (bicyclic) bond motifs is 1. The molecule has 0 saturated carbocycles. The third kappa shape index (κ3) is 3.34. The van der Waals surface area contributed by atoms with Crippen LogP contribution < -0.4 is 19.5 Å². The number of hydrogen-bond donors (Lipinski definition) is 1. The average Bonchev–Trinajstić information content (AvgIpc) is 2.99. The molecule has 1 aromatic carbocycles. The summed E-state index contributed by atoms with van der Waals surface area (Å²) >= 11 is 0. The Hall–Kier alpha value is -2.50. The van der Waals surface area contributed by atoms with Gasteiger partial charge in [-0.15, -0.1) is 0 Å². The quantitative estimate of drug-likeness (QED) is 0.881. The molecule has 6 heteroatoms. The van der Waals surface area contributed by atoms with Crippen molar-refractivity contribution in [2.75, 3.05) is 18.7 Å². The number of anilines is 1. The molecule has 2 heterocycles. The highest BCUT2D eigenvalue weighted by Gasteiger charge is 2.13. The molecule has 3 rings (SSSR count). The second kappa shape index (κ2) is 6.30. The lowest BCUT2D eigenvalue weighted by molar-refractivity contribution is 0.174. The molecule has 6 nitrogen and oxygen atoms in total. The molecule has 2 aromatic rings. The summed E-state index contributed by atoms with van der Waals surface area (Å²) in [6.07, 6.45) is 2.44. The van der Waals surface area contributed by atoms with Crippen molar-refractivity contribution < 1.29 is 14.2 Å². The minimum atomic E-state index is 0.288. The largest absolute Gasteiger partial charge is 0.478 e. The predicted octanol–water partition coefficient (Wildman–Crippen LogP) is 2.61. The third-order valence-corrected chi connectivity index (χ3v) is 3.01. The Kier molecular flexibility index (Phi) is 4.04. The Morgan fingerprint density at radius 2 is 2.10 bits per heavy atom. The highest BCUT2D eigenvalue weighted by molar-refractivity contribution is 5.46. The lowest BCUT2D eigenvalue weighted by atomic mass is 10.2. The van der Waals surface area contributed by atoms with Gasteiger partial charge in [0.2, 0.25) is 12.7 Å². The number of aromatic nitrogens is 2. The van der Waals surface area contributed by atoms with Crippen molar-refractivity contribution in [2.24, 2.45) is 0 Å². The van der Waals surface area contributed by atoms with Gasteiger partial charge in [-0.25, -0.2) is 9.97 Å². The molecule has 110 valence electrons. The van der Waals surface area contributed by atoms with Crippen LogP contribution in [0.5, 0.6) is 17.4 Å². The summed E-state index contributed by atoms with van der Waals surface area (Å²) in [5.41, 5.74) is 1.09. The van der Waals surface area contributed by atoms with Crippen molar-refractivity contribution in [1.82, 2.24) is 9.97 Å². The second-order valence-corrected chi connectivity index (χ2v) is 4.63. The average molecular weight is 287 g/mol. The first kappa shape index (κ1) is 13.5. The van der Waals surface area contributed by atoms with Crippen LogP contribution in [0.1, 0.15) is 18.9 Å². The number of rotatable bonds is 6. The predicted molar refractivity (Wildman–Crippen MR) is 77.7 cm³/mol. The van der Waals surface area contributed by atoms with E-state index in [0.29, 0.717) is 19.0 Å². The summed E-state index contributed by atoms with van der Waals surface area (Å²) in [6.45, 7) is 3.63. The molecule has 0 saturated heterocycles. The fraction of sp³-hybridized carbons (Fsp3) is 0.333. The molecule has 1 aromatic heterocycles. The minimum absolute atomic E-state index is 0.288. The summed E-state index contributed by atoms with van der Waals surface area (Å²) in [4.78, 5) is 8.25. The first-order valence-corrected chi connectivity index (χ1v) is 6.92. The van der Waals surface area contributed by atoms with E-state index < -0.39 is 0 Å². The van der Waals surface area contributed by atoms with Crippen LogP contribution in [-0.4, -0.2) is 23.4 Å². The van der Waals surface area contributed by atoms with E-state index in [1.54, 1.807) is 6.07 Å². The zero-order chi connectivity index (χ0) is 14.5. The summed E-state index contributed by atoms with van der Waals surface area (Å²) in [5, 5.41) is 3.24. The maximum Gasteiger partial charge on any atom is 0.231 e. The summed E-state index contributed by atoms with van der Waals surface area (Å²) < 4.78 is 16.1.